The van der Waals surface area contributed by atoms with Gasteiger partial charge in [0.25, 0.3) is 5.56 Å². The van der Waals surface area contributed by atoms with E-state index < -0.39 is 29.9 Å². The third-order valence-corrected chi connectivity index (χ3v) is 6.90. The van der Waals surface area contributed by atoms with Gasteiger partial charge in [0.2, 0.25) is 5.91 Å². The Morgan fingerprint density at radius 2 is 1.83 bits per heavy atom. The van der Waals surface area contributed by atoms with E-state index in [9.17, 15) is 27.2 Å². The lowest BCUT2D eigenvalue weighted by molar-refractivity contribution is -0.140. The molecule has 0 bridgehead atoms. The Bertz CT molecular complexity index is 1330. The van der Waals surface area contributed by atoms with E-state index in [2.05, 4.69) is 4.98 Å². The van der Waals surface area contributed by atoms with Gasteiger partial charge in [-0.05, 0) is 42.9 Å². The summed E-state index contributed by atoms with van der Waals surface area (Å²) in [7, 11) is 0. The average Bonchev–Trinajstić information content (AvgIpc) is 3.64. The Kier molecular flexibility index (Phi) is 5.73. The van der Waals surface area contributed by atoms with Gasteiger partial charge in [0, 0.05) is 6.54 Å². The number of fused-ring (bicyclic) bond motifs is 1. The molecule has 9 heteroatoms. The molecule has 0 spiro atoms. The second kappa shape index (κ2) is 8.62. The smallest absolute Gasteiger partial charge is 0.338 e. The van der Waals surface area contributed by atoms with Crippen molar-refractivity contribution in [3.05, 3.63) is 98.5 Å². The average molecular weight is 485 g/mol. The topological polar surface area (TPSA) is 66.1 Å². The molecule has 2 heterocycles. The number of rotatable bonds is 4. The summed E-state index contributed by atoms with van der Waals surface area (Å²) in [5.74, 6) is -1.36. The van der Waals surface area contributed by atoms with Crippen LogP contribution < -0.4 is 5.56 Å². The first-order valence-corrected chi connectivity index (χ1v) is 11.5. The summed E-state index contributed by atoms with van der Waals surface area (Å²) < 4.78 is 53.5. The van der Waals surface area contributed by atoms with Gasteiger partial charge in [0.1, 0.15) is 11.6 Å². The van der Waals surface area contributed by atoms with E-state index in [1.807, 2.05) is 30.3 Å². The highest BCUT2D eigenvalue weighted by Crippen LogP contribution is 2.51. The van der Waals surface area contributed by atoms with E-state index >= 15 is 0 Å². The molecule has 3 aromatic rings. The lowest BCUT2D eigenvalue weighted by atomic mass is 9.94. The highest BCUT2D eigenvalue weighted by atomic mass is 19.4. The SMILES string of the molecule is O=C(Cc1cccc(C(F)(F)F)c1F)N1CCCc2nc(C3(c4ccccc4)CC3)[nH]c(=O)c2C1. The number of hydrogen-bond donors (Lipinski definition) is 1. The van der Waals surface area contributed by atoms with Crippen LogP contribution in [0, 0.1) is 5.82 Å². The first-order chi connectivity index (χ1) is 16.7. The number of aromatic nitrogens is 2. The van der Waals surface area contributed by atoms with Gasteiger partial charge in [-0.1, -0.05) is 42.5 Å². The molecule has 0 atom stereocenters. The lowest BCUT2D eigenvalue weighted by Gasteiger charge is -2.21. The van der Waals surface area contributed by atoms with Gasteiger partial charge < -0.3 is 9.88 Å². The second-order valence-corrected chi connectivity index (χ2v) is 9.16. The number of amides is 1. The van der Waals surface area contributed by atoms with Crippen LogP contribution in [-0.4, -0.2) is 27.3 Å². The lowest BCUT2D eigenvalue weighted by Crippen LogP contribution is -2.34. The van der Waals surface area contributed by atoms with Gasteiger partial charge in [-0.15, -0.1) is 0 Å². The maximum atomic E-state index is 14.4. The molecule has 2 aliphatic rings. The van der Waals surface area contributed by atoms with Crippen LogP contribution in [0.2, 0.25) is 0 Å². The van der Waals surface area contributed by atoms with Crippen LogP contribution in [0.3, 0.4) is 0 Å². The fourth-order valence-electron chi connectivity index (χ4n) is 4.82. The molecule has 1 aliphatic carbocycles. The molecule has 5 nitrogen and oxygen atoms in total. The highest BCUT2D eigenvalue weighted by molar-refractivity contribution is 5.79. The standard InChI is InChI=1S/C26H23F4N3O2/c27-22-16(6-4-9-19(22)26(28,29)30)14-21(34)33-13-5-10-20-18(15-33)23(35)32-24(31-20)25(11-12-25)17-7-2-1-3-8-17/h1-4,6-9H,5,10-15H2,(H,31,32,35). The van der Waals surface area contributed by atoms with Gasteiger partial charge >= 0.3 is 6.18 Å². The zero-order chi connectivity index (χ0) is 24.8. The number of aryl methyl sites for hydroxylation is 1. The van der Waals surface area contributed by atoms with Crippen molar-refractivity contribution >= 4 is 5.91 Å². The molecule has 1 N–H and O–H groups in total. The summed E-state index contributed by atoms with van der Waals surface area (Å²) in [6.07, 6.45) is -2.57. The first-order valence-electron chi connectivity index (χ1n) is 11.5. The largest absolute Gasteiger partial charge is 0.419 e. The highest BCUT2D eigenvalue weighted by Gasteiger charge is 2.48. The van der Waals surface area contributed by atoms with Crippen molar-refractivity contribution < 1.29 is 22.4 Å². The molecule has 0 unspecified atom stereocenters. The quantitative estimate of drug-likeness (QED) is 0.553. The number of nitrogens with zero attached hydrogens (tertiary/aromatic N) is 2. The molecule has 1 aromatic heterocycles. The zero-order valence-corrected chi connectivity index (χ0v) is 18.8. The van der Waals surface area contributed by atoms with E-state index in [4.69, 9.17) is 4.98 Å². The molecule has 1 fully saturated rings. The maximum Gasteiger partial charge on any atom is 0.419 e. The van der Waals surface area contributed by atoms with Crippen molar-refractivity contribution in [1.82, 2.24) is 14.9 Å². The van der Waals surface area contributed by atoms with Gasteiger partial charge in [-0.2, -0.15) is 13.2 Å². The number of hydrogen-bond acceptors (Lipinski definition) is 3. The third kappa shape index (κ3) is 4.35. The summed E-state index contributed by atoms with van der Waals surface area (Å²) in [5.41, 5.74) is -0.258. The molecule has 1 aliphatic heterocycles. The Hall–Kier alpha value is -3.49. The minimum atomic E-state index is -4.85. The zero-order valence-electron chi connectivity index (χ0n) is 18.8. The Labute approximate surface area is 198 Å². The molecule has 1 saturated carbocycles. The molecule has 2 aromatic carbocycles. The van der Waals surface area contributed by atoms with Crippen LogP contribution in [0.1, 0.15) is 53.0 Å². The maximum absolute atomic E-state index is 14.4. The predicted octanol–water partition coefficient (Wildman–Crippen LogP) is 4.53. The van der Waals surface area contributed by atoms with Gasteiger partial charge in [-0.25, -0.2) is 9.37 Å². The monoisotopic (exact) mass is 485 g/mol. The van der Waals surface area contributed by atoms with Crippen molar-refractivity contribution in [2.75, 3.05) is 6.54 Å². The normalized spacial score (nSPS) is 17.0. The number of nitrogens with one attached hydrogen (secondary N) is 1. The number of aromatic amines is 1. The molecular formula is C26H23F4N3O2. The van der Waals surface area contributed by atoms with Crippen molar-refractivity contribution in [3.8, 4) is 0 Å². The minimum Gasteiger partial charge on any atom is -0.338 e. The van der Waals surface area contributed by atoms with E-state index in [0.717, 1.165) is 24.5 Å². The summed E-state index contributed by atoms with van der Waals surface area (Å²) >= 11 is 0. The first kappa shape index (κ1) is 23.3. The number of benzene rings is 2. The van der Waals surface area contributed by atoms with Crippen molar-refractivity contribution in [3.63, 3.8) is 0 Å². The molecule has 1 amide bonds. The summed E-state index contributed by atoms with van der Waals surface area (Å²) in [6.45, 7) is 0.282. The third-order valence-electron chi connectivity index (χ3n) is 6.90. The number of carbonyl (C=O) groups is 1. The van der Waals surface area contributed by atoms with E-state index in [1.165, 1.54) is 11.0 Å². The molecule has 0 radical (unpaired) electrons. The molecular weight excluding hydrogens is 462 g/mol. The number of carbonyl (C=O) groups excluding carboxylic acids is 1. The Balaban J connectivity index is 1.39. The van der Waals surface area contributed by atoms with Crippen molar-refractivity contribution in [1.29, 1.82) is 0 Å². The van der Waals surface area contributed by atoms with E-state index in [0.29, 0.717) is 42.5 Å². The van der Waals surface area contributed by atoms with Gasteiger partial charge in [-0.3, -0.25) is 9.59 Å². The summed E-state index contributed by atoms with van der Waals surface area (Å²) in [4.78, 5) is 35.1. The fraction of sp³-hybridized carbons (Fsp3) is 0.346. The van der Waals surface area contributed by atoms with Crippen LogP contribution in [0.4, 0.5) is 17.6 Å². The van der Waals surface area contributed by atoms with E-state index in [-0.39, 0.29) is 23.1 Å². The predicted molar refractivity (Wildman–Crippen MR) is 120 cm³/mol. The Morgan fingerprint density at radius 1 is 1.09 bits per heavy atom. The van der Waals surface area contributed by atoms with Crippen molar-refractivity contribution in [2.24, 2.45) is 0 Å². The number of alkyl halides is 3. The second-order valence-electron chi connectivity index (χ2n) is 9.16. The van der Waals surface area contributed by atoms with Gasteiger partial charge in [0.15, 0.2) is 0 Å². The summed E-state index contributed by atoms with van der Waals surface area (Å²) in [5, 5.41) is 0. The molecule has 35 heavy (non-hydrogen) atoms. The van der Waals surface area contributed by atoms with Crippen LogP contribution in [0.25, 0.3) is 0 Å². The van der Waals surface area contributed by atoms with Crippen LogP contribution in [-0.2, 0) is 35.8 Å². The fourth-order valence-corrected chi connectivity index (χ4v) is 4.82. The van der Waals surface area contributed by atoms with Crippen LogP contribution >= 0.6 is 0 Å². The molecule has 5 rings (SSSR count). The molecule has 0 saturated heterocycles. The van der Waals surface area contributed by atoms with Crippen LogP contribution in [0.15, 0.2) is 53.3 Å². The minimum absolute atomic E-state index is 0.0182. The van der Waals surface area contributed by atoms with E-state index in [1.54, 1.807) is 0 Å². The number of halogens is 4. The Morgan fingerprint density at radius 3 is 2.51 bits per heavy atom. The number of H-pyrrole nitrogens is 1. The molecule has 182 valence electrons. The summed E-state index contributed by atoms with van der Waals surface area (Å²) in [6, 6.07) is 12.8. The van der Waals surface area contributed by atoms with Crippen molar-refractivity contribution in [2.45, 2.75) is 50.2 Å². The van der Waals surface area contributed by atoms with Gasteiger partial charge in [0.05, 0.1) is 35.2 Å². The van der Waals surface area contributed by atoms with Crippen LogP contribution in [0.5, 0.6) is 0 Å².